The van der Waals surface area contributed by atoms with E-state index in [9.17, 15) is 9.90 Å². The Morgan fingerprint density at radius 1 is 1.39 bits per heavy atom. The van der Waals surface area contributed by atoms with Gasteiger partial charge in [-0.05, 0) is 54.5 Å². The van der Waals surface area contributed by atoms with Gasteiger partial charge in [0.15, 0.2) is 5.78 Å². The Bertz CT molecular complexity index is 617. The fourth-order valence-electron chi connectivity index (χ4n) is 4.02. The molecular formula is C15H13ClO2. The summed E-state index contributed by atoms with van der Waals surface area (Å²) in [7, 11) is 0. The Balaban J connectivity index is 1.98. The molecule has 0 amide bonds. The highest BCUT2D eigenvalue weighted by atomic mass is 35.5. The maximum Gasteiger partial charge on any atom is 0.159 e. The number of ketones is 1. The van der Waals surface area contributed by atoms with Crippen molar-refractivity contribution in [2.45, 2.75) is 25.7 Å². The number of aromatic hydroxyl groups is 1. The third kappa shape index (κ3) is 1.12. The number of carbonyl (C=O) groups is 1. The maximum atomic E-state index is 12.0. The van der Waals surface area contributed by atoms with Gasteiger partial charge in [-0.15, -0.1) is 0 Å². The number of rotatable bonds is 0. The van der Waals surface area contributed by atoms with Gasteiger partial charge in [0.05, 0.1) is 5.02 Å². The van der Waals surface area contributed by atoms with Crippen LogP contribution in [0, 0.1) is 11.3 Å². The van der Waals surface area contributed by atoms with Gasteiger partial charge < -0.3 is 5.11 Å². The van der Waals surface area contributed by atoms with E-state index in [1.807, 2.05) is 12.1 Å². The zero-order chi connectivity index (χ0) is 12.5. The van der Waals surface area contributed by atoms with Crippen molar-refractivity contribution in [3.63, 3.8) is 0 Å². The number of allylic oxidation sites excluding steroid dienone is 2. The van der Waals surface area contributed by atoms with Crippen LogP contribution in [0.15, 0.2) is 18.2 Å². The molecular weight excluding hydrogens is 248 g/mol. The Hall–Kier alpha value is -1.28. The zero-order valence-electron chi connectivity index (χ0n) is 9.87. The zero-order valence-corrected chi connectivity index (χ0v) is 10.6. The van der Waals surface area contributed by atoms with Crippen molar-refractivity contribution in [2.24, 2.45) is 11.3 Å². The standard InChI is InChI=1S/C15H13ClO2/c16-14-10-7-15-4-3-8(6-15)13(18)5-11(15)9(10)1-2-12(14)17/h1-2,5,8,17H,3-4,6-7H2/t8-,15-/m1/s1. The lowest BCUT2D eigenvalue weighted by Crippen LogP contribution is -2.23. The van der Waals surface area contributed by atoms with Crippen molar-refractivity contribution in [3.05, 3.63) is 34.4 Å². The van der Waals surface area contributed by atoms with E-state index in [-0.39, 0.29) is 22.9 Å². The molecule has 0 heterocycles. The van der Waals surface area contributed by atoms with Gasteiger partial charge >= 0.3 is 0 Å². The first-order valence-electron chi connectivity index (χ1n) is 6.37. The first-order chi connectivity index (χ1) is 8.61. The number of hydrogen-bond donors (Lipinski definition) is 1. The number of phenols is 1. The first-order valence-corrected chi connectivity index (χ1v) is 6.75. The molecule has 2 bridgehead atoms. The Morgan fingerprint density at radius 2 is 2.22 bits per heavy atom. The van der Waals surface area contributed by atoms with Crippen LogP contribution >= 0.6 is 11.6 Å². The topological polar surface area (TPSA) is 37.3 Å². The molecule has 0 aromatic heterocycles. The molecule has 1 N–H and O–H groups in total. The average molecular weight is 261 g/mol. The van der Waals surface area contributed by atoms with E-state index in [2.05, 4.69) is 0 Å². The van der Waals surface area contributed by atoms with Crippen molar-refractivity contribution < 1.29 is 9.90 Å². The van der Waals surface area contributed by atoms with Crippen LogP contribution in [0.3, 0.4) is 0 Å². The summed E-state index contributed by atoms with van der Waals surface area (Å²) in [5.41, 5.74) is 3.39. The second kappa shape index (κ2) is 3.18. The van der Waals surface area contributed by atoms with E-state index in [1.54, 1.807) is 6.07 Å². The van der Waals surface area contributed by atoms with E-state index in [4.69, 9.17) is 11.6 Å². The lowest BCUT2D eigenvalue weighted by molar-refractivity contribution is -0.118. The summed E-state index contributed by atoms with van der Waals surface area (Å²) in [6.45, 7) is 0. The van der Waals surface area contributed by atoms with Crippen molar-refractivity contribution >= 4 is 23.0 Å². The molecule has 3 aliphatic rings. The van der Waals surface area contributed by atoms with Crippen molar-refractivity contribution in [3.8, 4) is 5.75 Å². The lowest BCUT2D eigenvalue weighted by Gasteiger charge is -2.28. The molecule has 4 rings (SSSR count). The third-order valence-electron chi connectivity index (χ3n) is 4.90. The monoisotopic (exact) mass is 260 g/mol. The first kappa shape index (κ1) is 10.6. The van der Waals surface area contributed by atoms with Crippen LogP contribution in [-0.4, -0.2) is 10.9 Å². The molecule has 1 saturated carbocycles. The van der Waals surface area contributed by atoms with Crippen LogP contribution in [0.4, 0.5) is 0 Å². The number of hydrogen-bond acceptors (Lipinski definition) is 2. The molecule has 0 aliphatic heterocycles. The Morgan fingerprint density at radius 3 is 3.06 bits per heavy atom. The molecule has 0 radical (unpaired) electrons. The van der Waals surface area contributed by atoms with Gasteiger partial charge in [0.2, 0.25) is 0 Å². The molecule has 1 spiro atoms. The molecule has 18 heavy (non-hydrogen) atoms. The minimum absolute atomic E-state index is 0.123. The summed E-state index contributed by atoms with van der Waals surface area (Å²) in [6.07, 6.45) is 5.74. The van der Waals surface area contributed by atoms with Gasteiger partial charge in [-0.1, -0.05) is 17.7 Å². The van der Waals surface area contributed by atoms with Crippen LogP contribution in [0.25, 0.3) is 5.57 Å². The molecule has 1 fully saturated rings. The molecule has 2 atom stereocenters. The van der Waals surface area contributed by atoms with Gasteiger partial charge in [-0.3, -0.25) is 4.79 Å². The summed E-state index contributed by atoms with van der Waals surface area (Å²) in [5.74, 6) is 0.637. The van der Waals surface area contributed by atoms with Crippen LogP contribution < -0.4 is 0 Å². The summed E-state index contributed by atoms with van der Waals surface area (Å²) in [5, 5.41) is 10.2. The van der Waals surface area contributed by atoms with Gasteiger partial charge in [-0.25, -0.2) is 0 Å². The van der Waals surface area contributed by atoms with Gasteiger partial charge in [0.1, 0.15) is 5.75 Å². The van der Waals surface area contributed by atoms with Crippen LogP contribution in [0.5, 0.6) is 5.75 Å². The highest BCUT2D eigenvalue weighted by Gasteiger charge is 2.52. The molecule has 2 nitrogen and oxygen atoms in total. The lowest BCUT2D eigenvalue weighted by atomic mass is 9.74. The predicted molar refractivity (Wildman–Crippen MR) is 69.6 cm³/mol. The molecule has 0 unspecified atom stereocenters. The molecule has 3 heteroatoms. The quantitative estimate of drug-likeness (QED) is 0.777. The van der Waals surface area contributed by atoms with E-state index in [0.29, 0.717) is 5.02 Å². The van der Waals surface area contributed by atoms with E-state index >= 15 is 0 Å². The molecule has 1 aromatic rings. The Labute approximate surface area is 110 Å². The van der Waals surface area contributed by atoms with E-state index in [1.165, 1.54) is 0 Å². The average Bonchev–Trinajstić information content (AvgIpc) is 2.87. The Kier molecular flexibility index (Phi) is 1.88. The summed E-state index contributed by atoms with van der Waals surface area (Å²) in [4.78, 5) is 12.0. The number of halogens is 1. The largest absolute Gasteiger partial charge is 0.506 e. The minimum atomic E-state index is 0.123. The van der Waals surface area contributed by atoms with Crippen molar-refractivity contribution in [1.29, 1.82) is 0 Å². The SMILES string of the molecule is O=C1C=C2c3ccc(O)c(Cl)c3C[C@]23CC[C@@H]1C3. The summed E-state index contributed by atoms with van der Waals surface area (Å²) < 4.78 is 0. The summed E-state index contributed by atoms with van der Waals surface area (Å²) >= 11 is 6.21. The fourth-order valence-corrected chi connectivity index (χ4v) is 4.25. The molecule has 3 aliphatic carbocycles. The number of carbonyl (C=O) groups excluding carboxylic acids is 1. The highest BCUT2D eigenvalue weighted by Crippen LogP contribution is 2.61. The van der Waals surface area contributed by atoms with Crippen LogP contribution in [0.1, 0.15) is 30.4 Å². The second-order valence-corrected chi connectivity index (χ2v) is 6.16. The third-order valence-corrected chi connectivity index (χ3v) is 5.32. The van der Waals surface area contributed by atoms with Crippen LogP contribution in [0.2, 0.25) is 5.02 Å². The van der Waals surface area contributed by atoms with Crippen LogP contribution in [-0.2, 0) is 11.2 Å². The highest BCUT2D eigenvalue weighted by molar-refractivity contribution is 6.33. The van der Waals surface area contributed by atoms with Crippen molar-refractivity contribution in [2.75, 3.05) is 0 Å². The van der Waals surface area contributed by atoms with E-state index < -0.39 is 0 Å². The number of phenolic OH excluding ortho intramolecular Hbond substituents is 1. The number of fused-ring (bicyclic) bond motifs is 3. The molecule has 92 valence electrons. The molecule has 0 saturated heterocycles. The van der Waals surface area contributed by atoms with Crippen molar-refractivity contribution in [1.82, 2.24) is 0 Å². The smallest absolute Gasteiger partial charge is 0.159 e. The summed E-state index contributed by atoms with van der Waals surface area (Å²) in [6, 6.07) is 3.54. The van der Waals surface area contributed by atoms with Gasteiger partial charge in [0.25, 0.3) is 0 Å². The normalized spacial score (nSPS) is 32.2. The fraction of sp³-hybridized carbons (Fsp3) is 0.400. The second-order valence-electron chi connectivity index (χ2n) is 5.78. The van der Waals surface area contributed by atoms with Gasteiger partial charge in [0, 0.05) is 11.3 Å². The predicted octanol–water partition coefficient (Wildman–Crippen LogP) is 3.35. The minimum Gasteiger partial charge on any atom is -0.506 e. The van der Waals surface area contributed by atoms with E-state index in [0.717, 1.165) is 42.4 Å². The van der Waals surface area contributed by atoms with Gasteiger partial charge in [-0.2, -0.15) is 0 Å². The molecule has 1 aromatic carbocycles. The maximum absolute atomic E-state index is 12.0. The number of benzene rings is 1.